The van der Waals surface area contributed by atoms with Gasteiger partial charge in [0.2, 0.25) is 0 Å². The molecule has 1 aromatic rings. The highest BCUT2D eigenvalue weighted by molar-refractivity contribution is 5.50. The summed E-state index contributed by atoms with van der Waals surface area (Å²) < 4.78 is 5.26. The van der Waals surface area contributed by atoms with Gasteiger partial charge in [0.1, 0.15) is 0 Å². The van der Waals surface area contributed by atoms with Crippen molar-refractivity contribution in [3.8, 4) is 5.75 Å². The van der Waals surface area contributed by atoms with E-state index in [-0.39, 0.29) is 0 Å². The minimum Gasteiger partial charge on any atom is -0.493 e. The van der Waals surface area contributed by atoms with E-state index < -0.39 is 0 Å². The molecule has 0 aliphatic heterocycles. The van der Waals surface area contributed by atoms with Gasteiger partial charge in [-0.3, -0.25) is 0 Å². The van der Waals surface area contributed by atoms with E-state index >= 15 is 0 Å². The molecule has 2 unspecified atom stereocenters. The smallest absolute Gasteiger partial charge is 0.168 e. The van der Waals surface area contributed by atoms with Gasteiger partial charge in [-0.15, -0.1) is 0 Å². The molecular weight excluding hydrogens is 188 g/mol. The summed E-state index contributed by atoms with van der Waals surface area (Å²) in [6.07, 6.45) is 5.58. The molecule has 1 aliphatic rings. The minimum absolute atomic E-state index is 0.559. The van der Waals surface area contributed by atoms with Gasteiger partial charge in [-0.25, -0.2) is 4.98 Å². The largest absolute Gasteiger partial charge is 0.493 e. The second-order valence-electron chi connectivity index (χ2n) is 4.31. The SMILES string of the molecule is COc1cccnc1NC1CCC(C)C1. The standard InChI is InChI=1S/C12H18N2O/c1-9-5-6-10(8-9)14-12-11(15-2)4-3-7-13-12/h3-4,7,9-10H,5-6,8H2,1-2H3,(H,13,14). The summed E-state index contributed by atoms with van der Waals surface area (Å²) in [5, 5.41) is 3.45. The third-order valence-corrected chi connectivity index (χ3v) is 3.03. The molecule has 82 valence electrons. The van der Waals surface area contributed by atoms with Gasteiger partial charge in [0.25, 0.3) is 0 Å². The predicted octanol–water partition coefficient (Wildman–Crippen LogP) is 2.69. The Morgan fingerprint density at radius 2 is 2.33 bits per heavy atom. The third kappa shape index (κ3) is 2.41. The number of hydrogen-bond donors (Lipinski definition) is 1. The quantitative estimate of drug-likeness (QED) is 0.825. The Bertz CT molecular complexity index is 327. The number of pyridine rings is 1. The van der Waals surface area contributed by atoms with Crippen molar-refractivity contribution >= 4 is 5.82 Å². The fraction of sp³-hybridized carbons (Fsp3) is 0.583. The second-order valence-corrected chi connectivity index (χ2v) is 4.31. The number of methoxy groups -OCH3 is 1. The van der Waals surface area contributed by atoms with Gasteiger partial charge in [-0.05, 0) is 37.3 Å². The van der Waals surface area contributed by atoms with Crippen LogP contribution in [0.25, 0.3) is 0 Å². The van der Waals surface area contributed by atoms with E-state index in [0.717, 1.165) is 17.5 Å². The third-order valence-electron chi connectivity index (χ3n) is 3.03. The summed E-state index contributed by atoms with van der Waals surface area (Å²) in [6, 6.07) is 4.39. The van der Waals surface area contributed by atoms with E-state index in [1.165, 1.54) is 19.3 Å². The van der Waals surface area contributed by atoms with Crippen LogP contribution in [0, 0.1) is 5.92 Å². The maximum Gasteiger partial charge on any atom is 0.168 e. The summed E-state index contributed by atoms with van der Waals surface area (Å²) in [5.74, 6) is 2.54. The first-order chi connectivity index (χ1) is 7.29. The number of nitrogens with one attached hydrogen (secondary N) is 1. The first-order valence-electron chi connectivity index (χ1n) is 5.55. The molecule has 1 aromatic heterocycles. The van der Waals surface area contributed by atoms with Gasteiger partial charge in [0.05, 0.1) is 7.11 Å². The Balaban J connectivity index is 2.04. The lowest BCUT2D eigenvalue weighted by molar-refractivity contribution is 0.414. The Hall–Kier alpha value is -1.25. The summed E-state index contributed by atoms with van der Waals surface area (Å²) >= 11 is 0. The Kier molecular flexibility index (Phi) is 3.09. The highest BCUT2D eigenvalue weighted by Gasteiger charge is 2.22. The molecule has 0 bridgehead atoms. The number of ether oxygens (including phenoxy) is 1. The lowest BCUT2D eigenvalue weighted by Gasteiger charge is -2.15. The van der Waals surface area contributed by atoms with Crippen molar-refractivity contribution in [3.05, 3.63) is 18.3 Å². The average molecular weight is 206 g/mol. The summed E-state index contributed by atoms with van der Waals surface area (Å²) in [6.45, 7) is 2.30. The monoisotopic (exact) mass is 206 g/mol. The van der Waals surface area contributed by atoms with Crippen LogP contribution in [0.2, 0.25) is 0 Å². The molecule has 15 heavy (non-hydrogen) atoms. The van der Waals surface area contributed by atoms with Crippen molar-refractivity contribution < 1.29 is 4.74 Å². The van der Waals surface area contributed by atoms with Crippen LogP contribution in [0.4, 0.5) is 5.82 Å². The normalized spacial score (nSPS) is 25.2. The van der Waals surface area contributed by atoms with E-state index in [0.29, 0.717) is 6.04 Å². The van der Waals surface area contributed by atoms with Crippen LogP contribution in [-0.4, -0.2) is 18.1 Å². The Morgan fingerprint density at radius 1 is 1.47 bits per heavy atom. The van der Waals surface area contributed by atoms with E-state index in [2.05, 4.69) is 17.2 Å². The van der Waals surface area contributed by atoms with Gasteiger partial charge in [-0.1, -0.05) is 6.92 Å². The number of rotatable bonds is 3. The van der Waals surface area contributed by atoms with E-state index in [9.17, 15) is 0 Å². The molecule has 0 aromatic carbocycles. The van der Waals surface area contributed by atoms with Crippen LogP contribution < -0.4 is 10.1 Å². The molecule has 1 fully saturated rings. The molecule has 0 radical (unpaired) electrons. The summed E-state index contributed by atoms with van der Waals surface area (Å²) in [4.78, 5) is 4.30. The Morgan fingerprint density at radius 3 is 3.00 bits per heavy atom. The van der Waals surface area contributed by atoms with Crippen molar-refractivity contribution in [3.63, 3.8) is 0 Å². The maximum atomic E-state index is 5.26. The minimum atomic E-state index is 0.559. The highest BCUT2D eigenvalue weighted by atomic mass is 16.5. The number of aromatic nitrogens is 1. The lowest BCUT2D eigenvalue weighted by Crippen LogP contribution is -2.16. The molecule has 2 atom stereocenters. The predicted molar refractivity (Wildman–Crippen MR) is 61.2 cm³/mol. The molecule has 2 rings (SSSR count). The van der Waals surface area contributed by atoms with Crippen molar-refractivity contribution in [2.75, 3.05) is 12.4 Å². The zero-order chi connectivity index (χ0) is 10.7. The highest BCUT2D eigenvalue weighted by Crippen LogP contribution is 2.29. The van der Waals surface area contributed by atoms with Crippen LogP contribution in [0.5, 0.6) is 5.75 Å². The fourth-order valence-electron chi connectivity index (χ4n) is 2.20. The Labute approximate surface area is 90.9 Å². The maximum absolute atomic E-state index is 5.26. The molecule has 3 heteroatoms. The van der Waals surface area contributed by atoms with Gasteiger partial charge in [-0.2, -0.15) is 0 Å². The molecule has 1 heterocycles. The van der Waals surface area contributed by atoms with Crippen LogP contribution in [-0.2, 0) is 0 Å². The molecular formula is C12H18N2O. The fourth-order valence-corrected chi connectivity index (χ4v) is 2.20. The molecule has 0 saturated heterocycles. The van der Waals surface area contributed by atoms with E-state index in [1.54, 1.807) is 13.3 Å². The second kappa shape index (κ2) is 4.51. The van der Waals surface area contributed by atoms with Gasteiger partial charge in [0, 0.05) is 12.2 Å². The van der Waals surface area contributed by atoms with Crippen molar-refractivity contribution in [1.82, 2.24) is 4.98 Å². The van der Waals surface area contributed by atoms with Gasteiger partial charge in [0.15, 0.2) is 11.6 Å². The number of nitrogens with zero attached hydrogens (tertiary/aromatic N) is 1. The molecule has 0 amide bonds. The van der Waals surface area contributed by atoms with Crippen molar-refractivity contribution in [2.24, 2.45) is 5.92 Å². The zero-order valence-corrected chi connectivity index (χ0v) is 9.36. The van der Waals surface area contributed by atoms with Gasteiger partial charge >= 0.3 is 0 Å². The lowest BCUT2D eigenvalue weighted by atomic mass is 10.1. The van der Waals surface area contributed by atoms with Crippen LogP contribution in [0.15, 0.2) is 18.3 Å². The van der Waals surface area contributed by atoms with Gasteiger partial charge < -0.3 is 10.1 Å². The first kappa shape index (κ1) is 10.3. The van der Waals surface area contributed by atoms with Crippen LogP contribution >= 0.6 is 0 Å². The first-order valence-corrected chi connectivity index (χ1v) is 5.55. The van der Waals surface area contributed by atoms with Crippen molar-refractivity contribution in [2.45, 2.75) is 32.2 Å². The molecule has 1 N–H and O–H groups in total. The number of hydrogen-bond acceptors (Lipinski definition) is 3. The van der Waals surface area contributed by atoms with Crippen LogP contribution in [0.1, 0.15) is 26.2 Å². The zero-order valence-electron chi connectivity index (χ0n) is 9.36. The number of anilines is 1. The topological polar surface area (TPSA) is 34.1 Å². The summed E-state index contributed by atoms with van der Waals surface area (Å²) in [7, 11) is 1.68. The average Bonchev–Trinajstić information content (AvgIpc) is 2.65. The molecule has 1 aliphatic carbocycles. The molecule has 1 saturated carbocycles. The molecule has 3 nitrogen and oxygen atoms in total. The van der Waals surface area contributed by atoms with Crippen LogP contribution in [0.3, 0.4) is 0 Å². The summed E-state index contributed by atoms with van der Waals surface area (Å²) in [5.41, 5.74) is 0. The molecule has 0 spiro atoms. The van der Waals surface area contributed by atoms with Crippen molar-refractivity contribution in [1.29, 1.82) is 0 Å². The van der Waals surface area contributed by atoms with E-state index in [1.807, 2.05) is 12.1 Å². The van der Waals surface area contributed by atoms with E-state index in [4.69, 9.17) is 4.74 Å².